The number of hydrogen-bond acceptors (Lipinski definition) is 4. The highest BCUT2D eigenvalue weighted by atomic mass is 16.2. The molecule has 6 heteroatoms. The van der Waals surface area contributed by atoms with Crippen molar-refractivity contribution in [2.45, 2.75) is 65.6 Å². The van der Waals surface area contributed by atoms with Gasteiger partial charge < -0.3 is 4.90 Å². The third-order valence-electron chi connectivity index (χ3n) is 3.90. The molecule has 0 saturated heterocycles. The first-order chi connectivity index (χ1) is 11.3. The summed E-state index contributed by atoms with van der Waals surface area (Å²) in [5.74, 6) is -0.0378. The minimum absolute atomic E-state index is 0.0136. The Morgan fingerprint density at radius 2 is 1.83 bits per heavy atom. The van der Waals surface area contributed by atoms with Gasteiger partial charge in [-0.05, 0) is 51.8 Å². The zero-order valence-corrected chi connectivity index (χ0v) is 15.4. The van der Waals surface area contributed by atoms with Crippen LogP contribution < -0.4 is 0 Å². The highest BCUT2D eigenvalue weighted by Gasteiger charge is 2.31. The van der Waals surface area contributed by atoms with Gasteiger partial charge >= 0.3 is 0 Å². The van der Waals surface area contributed by atoms with Crippen molar-refractivity contribution in [3.8, 4) is 0 Å². The topological polar surface area (TPSA) is 63.9 Å². The maximum Gasteiger partial charge on any atom is 0.296 e. The molecule has 1 heterocycles. The Labute approximate surface area is 143 Å². The zero-order chi connectivity index (χ0) is 17.9. The molecule has 0 fully saturated rings. The number of amides is 1. The maximum absolute atomic E-state index is 13.0. The smallest absolute Gasteiger partial charge is 0.296 e. The molecule has 0 aliphatic carbocycles. The lowest BCUT2D eigenvalue weighted by atomic mass is 10.0. The summed E-state index contributed by atoms with van der Waals surface area (Å²) in [6, 6.07) is 10.1. The predicted molar refractivity (Wildman–Crippen MR) is 93.6 cm³/mol. The van der Waals surface area contributed by atoms with E-state index in [-0.39, 0.29) is 29.4 Å². The summed E-state index contributed by atoms with van der Waals surface area (Å²) in [6.45, 7) is 12.0. The van der Waals surface area contributed by atoms with Crippen LogP contribution in [-0.4, -0.2) is 37.1 Å². The first-order valence-corrected chi connectivity index (χ1v) is 8.43. The molecule has 0 radical (unpaired) electrons. The van der Waals surface area contributed by atoms with Gasteiger partial charge in [-0.3, -0.25) is 4.79 Å². The second kappa shape index (κ2) is 7.11. The molecule has 1 unspecified atom stereocenters. The summed E-state index contributed by atoms with van der Waals surface area (Å²) in [6.07, 6.45) is 0.821. The highest BCUT2D eigenvalue weighted by Crippen LogP contribution is 2.27. The molecular weight excluding hydrogens is 302 g/mol. The number of nitrogens with zero attached hydrogens (tertiary/aromatic N) is 5. The van der Waals surface area contributed by atoms with Crippen molar-refractivity contribution in [1.29, 1.82) is 0 Å². The van der Waals surface area contributed by atoms with Crippen molar-refractivity contribution in [2.24, 2.45) is 0 Å². The molecule has 24 heavy (non-hydrogen) atoms. The number of carbonyl (C=O) groups excluding carboxylic acids is 1. The van der Waals surface area contributed by atoms with Crippen LogP contribution in [0, 0.1) is 0 Å². The molecule has 0 aliphatic rings. The molecular formula is C18H27N5O. The van der Waals surface area contributed by atoms with Crippen LogP contribution in [0.2, 0.25) is 0 Å². The van der Waals surface area contributed by atoms with Gasteiger partial charge in [0, 0.05) is 6.04 Å². The molecule has 0 bridgehead atoms. The summed E-state index contributed by atoms with van der Waals surface area (Å²) < 4.78 is 0. The number of tetrazole rings is 1. The molecule has 1 amide bonds. The van der Waals surface area contributed by atoms with E-state index in [2.05, 4.69) is 34.5 Å². The molecule has 0 N–H and O–H groups in total. The number of rotatable bonds is 5. The molecule has 1 aromatic heterocycles. The minimum Gasteiger partial charge on any atom is -0.326 e. The van der Waals surface area contributed by atoms with Crippen molar-refractivity contribution in [1.82, 2.24) is 25.1 Å². The Bertz CT molecular complexity index is 672. The van der Waals surface area contributed by atoms with E-state index in [0.29, 0.717) is 0 Å². The van der Waals surface area contributed by atoms with Crippen molar-refractivity contribution in [3.63, 3.8) is 0 Å². The van der Waals surface area contributed by atoms with E-state index >= 15 is 0 Å². The van der Waals surface area contributed by atoms with Crippen molar-refractivity contribution in [3.05, 3.63) is 41.7 Å². The molecule has 2 rings (SSSR count). The molecule has 2 aromatic rings. The maximum atomic E-state index is 13.0. The Morgan fingerprint density at radius 3 is 2.29 bits per heavy atom. The summed E-state index contributed by atoms with van der Waals surface area (Å²) >= 11 is 0. The van der Waals surface area contributed by atoms with Gasteiger partial charge in [0.05, 0.1) is 11.6 Å². The Kier molecular flexibility index (Phi) is 5.36. The molecule has 1 aromatic carbocycles. The van der Waals surface area contributed by atoms with E-state index in [9.17, 15) is 4.79 Å². The van der Waals surface area contributed by atoms with E-state index < -0.39 is 0 Å². The van der Waals surface area contributed by atoms with E-state index in [1.165, 1.54) is 4.80 Å². The second-order valence-corrected chi connectivity index (χ2v) is 7.21. The van der Waals surface area contributed by atoms with Crippen molar-refractivity contribution >= 4 is 5.91 Å². The average Bonchev–Trinajstić information content (AvgIpc) is 3.02. The number of benzene rings is 1. The van der Waals surface area contributed by atoms with Gasteiger partial charge in [0.25, 0.3) is 11.7 Å². The molecule has 1 atom stereocenters. The van der Waals surface area contributed by atoms with E-state index in [0.717, 1.165) is 12.0 Å². The van der Waals surface area contributed by atoms with Crippen LogP contribution in [0.3, 0.4) is 0 Å². The van der Waals surface area contributed by atoms with Crippen LogP contribution in [0.4, 0.5) is 0 Å². The Morgan fingerprint density at radius 1 is 1.21 bits per heavy atom. The summed E-state index contributed by atoms with van der Waals surface area (Å²) in [4.78, 5) is 16.4. The molecule has 6 nitrogen and oxygen atoms in total. The molecule has 130 valence electrons. The SMILES string of the molecule is CCC(c1ccccc1)N(C(=O)c1nnn(C(C)(C)C)n1)C(C)C. The fourth-order valence-corrected chi connectivity index (χ4v) is 2.70. The van der Waals surface area contributed by atoms with Crippen LogP contribution in [0.1, 0.15) is 70.2 Å². The highest BCUT2D eigenvalue weighted by molar-refractivity contribution is 5.90. The van der Waals surface area contributed by atoms with Gasteiger partial charge in [0.2, 0.25) is 0 Å². The van der Waals surface area contributed by atoms with Crippen molar-refractivity contribution in [2.75, 3.05) is 0 Å². The van der Waals surface area contributed by atoms with Gasteiger partial charge in [0.1, 0.15) is 0 Å². The Hall–Kier alpha value is -2.24. The second-order valence-electron chi connectivity index (χ2n) is 7.21. The number of aromatic nitrogens is 4. The van der Waals surface area contributed by atoms with E-state index in [1.54, 1.807) is 0 Å². The van der Waals surface area contributed by atoms with Gasteiger partial charge in [-0.25, -0.2) is 0 Å². The molecule has 0 saturated carbocycles. The lowest BCUT2D eigenvalue weighted by Crippen LogP contribution is -2.40. The molecule has 0 spiro atoms. The first-order valence-electron chi connectivity index (χ1n) is 8.43. The van der Waals surface area contributed by atoms with Gasteiger partial charge in [-0.2, -0.15) is 4.80 Å². The third-order valence-corrected chi connectivity index (χ3v) is 3.90. The van der Waals surface area contributed by atoms with E-state index in [4.69, 9.17) is 0 Å². The fourth-order valence-electron chi connectivity index (χ4n) is 2.70. The summed E-state index contributed by atoms with van der Waals surface area (Å²) in [5.41, 5.74) is 0.808. The zero-order valence-electron chi connectivity index (χ0n) is 15.4. The monoisotopic (exact) mass is 329 g/mol. The van der Waals surface area contributed by atoms with Crippen LogP contribution in [0.25, 0.3) is 0 Å². The first kappa shape index (κ1) is 18.1. The van der Waals surface area contributed by atoms with Crippen LogP contribution in [0.5, 0.6) is 0 Å². The number of hydrogen-bond donors (Lipinski definition) is 0. The number of carbonyl (C=O) groups is 1. The minimum atomic E-state index is -0.308. The van der Waals surface area contributed by atoms with Crippen molar-refractivity contribution < 1.29 is 4.79 Å². The van der Waals surface area contributed by atoms with Crippen LogP contribution in [0.15, 0.2) is 30.3 Å². The Balaban J connectivity index is 2.36. The lowest BCUT2D eigenvalue weighted by Gasteiger charge is -2.34. The van der Waals surface area contributed by atoms with Gasteiger partial charge in [0.15, 0.2) is 0 Å². The summed E-state index contributed by atoms with van der Waals surface area (Å²) in [5, 5.41) is 12.3. The standard InChI is InChI=1S/C18H27N5O/c1-7-15(14-11-9-8-10-12-14)22(13(2)3)17(24)16-19-21-23(20-16)18(4,5)6/h8-13,15H,7H2,1-6H3. The normalized spacial score (nSPS) is 13.1. The third kappa shape index (κ3) is 3.80. The average molecular weight is 329 g/mol. The van der Waals surface area contributed by atoms with Crippen LogP contribution >= 0.6 is 0 Å². The van der Waals surface area contributed by atoms with Gasteiger partial charge in [-0.1, -0.05) is 37.3 Å². The lowest BCUT2D eigenvalue weighted by molar-refractivity contribution is 0.0585. The van der Waals surface area contributed by atoms with Crippen LogP contribution in [-0.2, 0) is 5.54 Å². The summed E-state index contributed by atoms with van der Waals surface area (Å²) in [7, 11) is 0. The largest absolute Gasteiger partial charge is 0.326 e. The molecule has 0 aliphatic heterocycles. The van der Waals surface area contributed by atoms with E-state index in [1.807, 2.05) is 57.7 Å². The van der Waals surface area contributed by atoms with Gasteiger partial charge in [-0.15, -0.1) is 10.2 Å². The quantitative estimate of drug-likeness (QED) is 0.843. The fraction of sp³-hybridized carbons (Fsp3) is 0.556. The predicted octanol–water partition coefficient (Wildman–Crippen LogP) is 3.43.